The summed E-state index contributed by atoms with van der Waals surface area (Å²) in [5.74, 6) is 0. The first kappa shape index (κ1) is 29.4. The van der Waals surface area contributed by atoms with Gasteiger partial charge in [0.05, 0.1) is 0 Å². The van der Waals surface area contributed by atoms with Crippen LogP contribution >= 0.6 is 0 Å². The highest BCUT2D eigenvalue weighted by Crippen LogP contribution is 2.44. The lowest BCUT2D eigenvalue weighted by molar-refractivity contribution is -0.123. The highest BCUT2D eigenvalue weighted by atomic mass is 15.6. The van der Waals surface area contributed by atoms with Gasteiger partial charge in [-0.05, 0) is 143 Å². The molecule has 3 heterocycles. The van der Waals surface area contributed by atoms with Crippen molar-refractivity contribution in [3.63, 3.8) is 0 Å². The second-order valence-electron chi connectivity index (χ2n) is 16.3. The van der Waals surface area contributed by atoms with E-state index < -0.39 is 0 Å². The third kappa shape index (κ3) is 5.65. The van der Waals surface area contributed by atoms with Crippen LogP contribution in [0.5, 0.6) is 0 Å². The fourth-order valence-electron chi connectivity index (χ4n) is 8.21. The molecule has 0 aromatic heterocycles. The van der Waals surface area contributed by atoms with E-state index in [0.717, 1.165) is 0 Å². The SMILES string of the molecule is CN1C(C)(C)CC(NN(C2CC(C)(C)N(C)C(C)(C)C2)C2CC(C)(C)N(C)C(C)(C)C2)CC1(C)C. The first-order valence-electron chi connectivity index (χ1n) is 14.3. The Labute approximate surface area is 219 Å². The number of nitrogens with zero attached hydrogens (tertiary/aromatic N) is 4. The average Bonchev–Trinajstić information content (AvgIpc) is 2.65. The van der Waals surface area contributed by atoms with E-state index in [1.165, 1.54) is 38.5 Å². The van der Waals surface area contributed by atoms with Gasteiger partial charge in [-0.25, -0.2) is 5.01 Å². The molecule has 3 aliphatic heterocycles. The lowest BCUT2D eigenvalue weighted by Gasteiger charge is -2.61. The first-order valence-corrected chi connectivity index (χ1v) is 14.3. The number of hydrogen-bond acceptors (Lipinski definition) is 5. The predicted octanol–water partition coefficient (Wildman–Crippen LogP) is 5.75. The molecule has 0 atom stereocenters. The molecule has 5 heteroatoms. The molecule has 206 valence electrons. The summed E-state index contributed by atoms with van der Waals surface area (Å²) in [4.78, 5) is 7.85. The Balaban J connectivity index is 1.98. The van der Waals surface area contributed by atoms with Gasteiger partial charge < -0.3 is 0 Å². The Morgan fingerprint density at radius 3 is 0.943 bits per heavy atom. The summed E-state index contributed by atoms with van der Waals surface area (Å²) < 4.78 is 0. The molecule has 1 N–H and O–H groups in total. The van der Waals surface area contributed by atoms with Crippen LogP contribution in [-0.4, -0.2) is 92.2 Å². The molecule has 3 rings (SSSR count). The van der Waals surface area contributed by atoms with Gasteiger partial charge >= 0.3 is 0 Å². The molecule has 0 aromatic carbocycles. The maximum absolute atomic E-state index is 4.28. The van der Waals surface area contributed by atoms with Crippen LogP contribution in [0.3, 0.4) is 0 Å². The van der Waals surface area contributed by atoms with E-state index in [4.69, 9.17) is 0 Å². The fraction of sp³-hybridized carbons (Fsp3) is 1.00. The zero-order chi connectivity index (χ0) is 27.0. The number of hydrogen-bond donors (Lipinski definition) is 1. The van der Waals surface area contributed by atoms with Crippen LogP contribution in [0, 0.1) is 0 Å². The van der Waals surface area contributed by atoms with Crippen molar-refractivity contribution >= 4 is 0 Å². The van der Waals surface area contributed by atoms with E-state index in [-0.39, 0.29) is 33.2 Å². The monoisotopic (exact) mass is 491 g/mol. The quantitative estimate of drug-likeness (QED) is 0.505. The minimum absolute atomic E-state index is 0.175. The van der Waals surface area contributed by atoms with Gasteiger partial charge in [-0.2, -0.15) is 0 Å². The van der Waals surface area contributed by atoms with Gasteiger partial charge in [0, 0.05) is 51.4 Å². The van der Waals surface area contributed by atoms with Crippen molar-refractivity contribution in [2.24, 2.45) is 0 Å². The molecule has 3 saturated heterocycles. The van der Waals surface area contributed by atoms with Crippen LogP contribution in [0.15, 0.2) is 0 Å². The van der Waals surface area contributed by atoms with Gasteiger partial charge in [0.15, 0.2) is 0 Å². The number of likely N-dealkylation sites (tertiary alicyclic amines) is 3. The summed E-state index contributed by atoms with van der Waals surface area (Å²) in [6.45, 7) is 29.3. The van der Waals surface area contributed by atoms with E-state index in [0.29, 0.717) is 18.1 Å². The zero-order valence-electron chi connectivity index (χ0n) is 26.3. The molecule has 0 spiro atoms. The van der Waals surface area contributed by atoms with Gasteiger partial charge in [-0.1, -0.05) is 0 Å². The summed E-state index contributed by atoms with van der Waals surface area (Å²) in [6, 6.07) is 1.55. The van der Waals surface area contributed by atoms with Gasteiger partial charge in [0.25, 0.3) is 0 Å². The Morgan fingerprint density at radius 1 is 0.457 bits per heavy atom. The van der Waals surface area contributed by atoms with Crippen molar-refractivity contribution in [1.82, 2.24) is 25.1 Å². The molecule has 0 radical (unpaired) electrons. The summed E-state index contributed by atoms with van der Waals surface area (Å²) in [6.07, 6.45) is 7.17. The fourth-order valence-corrected chi connectivity index (χ4v) is 8.21. The molecular formula is C30H61N5. The molecule has 0 amide bonds. The van der Waals surface area contributed by atoms with Crippen LogP contribution < -0.4 is 5.43 Å². The molecule has 0 aliphatic carbocycles. The third-order valence-electron chi connectivity index (χ3n) is 11.0. The van der Waals surface area contributed by atoms with Crippen molar-refractivity contribution in [3.05, 3.63) is 0 Å². The predicted molar refractivity (Wildman–Crippen MR) is 152 cm³/mol. The smallest absolute Gasteiger partial charge is 0.0281 e. The van der Waals surface area contributed by atoms with Gasteiger partial charge in [-0.15, -0.1) is 0 Å². The molecule has 5 nitrogen and oxygen atoms in total. The molecule has 35 heavy (non-hydrogen) atoms. The Hall–Kier alpha value is -0.200. The van der Waals surface area contributed by atoms with Gasteiger partial charge in [-0.3, -0.25) is 20.1 Å². The third-order valence-corrected chi connectivity index (χ3v) is 11.0. The van der Waals surface area contributed by atoms with E-state index in [1.54, 1.807) is 0 Å². The van der Waals surface area contributed by atoms with E-state index in [9.17, 15) is 0 Å². The van der Waals surface area contributed by atoms with Crippen molar-refractivity contribution in [2.75, 3.05) is 21.1 Å². The minimum atomic E-state index is 0.175. The van der Waals surface area contributed by atoms with E-state index in [1.807, 2.05) is 0 Å². The van der Waals surface area contributed by atoms with Crippen molar-refractivity contribution in [3.8, 4) is 0 Å². The molecule has 0 aromatic rings. The number of rotatable bonds is 4. The zero-order valence-corrected chi connectivity index (χ0v) is 26.3. The largest absolute Gasteiger partial charge is 0.296 e. The Morgan fingerprint density at radius 2 is 0.686 bits per heavy atom. The average molecular weight is 492 g/mol. The molecule has 3 fully saturated rings. The van der Waals surface area contributed by atoms with E-state index >= 15 is 0 Å². The second kappa shape index (κ2) is 8.93. The lowest BCUT2D eigenvalue weighted by atomic mass is 9.74. The highest BCUT2D eigenvalue weighted by Gasteiger charge is 2.51. The van der Waals surface area contributed by atoms with Crippen LogP contribution in [0.1, 0.15) is 122 Å². The molecule has 3 aliphatic rings. The maximum atomic E-state index is 4.28. The summed E-state index contributed by atoms with van der Waals surface area (Å²) in [5.41, 5.74) is 5.34. The number of piperidine rings is 3. The Bertz CT molecular complexity index is 669. The van der Waals surface area contributed by atoms with Crippen LogP contribution in [0.25, 0.3) is 0 Å². The standard InChI is InChI=1S/C30H61N5/c1-25(2)16-22(17-26(3,4)32(25)13)31-35(23-18-27(5,6)33(14)28(7,8)19-23)24-20-29(9,10)34(15)30(11,12)21-24/h22-24,31H,16-21H2,1-15H3. The van der Waals surface area contributed by atoms with Crippen LogP contribution in [0.2, 0.25) is 0 Å². The van der Waals surface area contributed by atoms with Gasteiger partial charge in [0.2, 0.25) is 0 Å². The second-order valence-corrected chi connectivity index (χ2v) is 16.3. The number of hydrazine groups is 1. The summed E-state index contributed by atoms with van der Waals surface area (Å²) in [5, 5.41) is 2.81. The maximum Gasteiger partial charge on any atom is 0.0281 e. The molecule has 0 unspecified atom stereocenters. The number of nitrogens with one attached hydrogen (secondary N) is 1. The summed E-state index contributed by atoms with van der Waals surface area (Å²) >= 11 is 0. The first-order chi connectivity index (χ1) is 15.5. The minimum Gasteiger partial charge on any atom is -0.296 e. The lowest BCUT2D eigenvalue weighted by Crippen LogP contribution is -2.71. The highest BCUT2D eigenvalue weighted by molar-refractivity contribution is 5.07. The molecule has 0 bridgehead atoms. The van der Waals surface area contributed by atoms with Crippen LogP contribution in [0.4, 0.5) is 0 Å². The molecular weight excluding hydrogens is 430 g/mol. The normalized spacial score (nSPS) is 32.2. The van der Waals surface area contributed by atoms with Crippen LogP contribution in [-0.2, 0) is 0 Å². The summed E-state index contributed by atoms with van der Waals surface area (Å²) in [7, 11) is 6.98. The van der Waals surface area contributed by atoms with E-state index in [2.05, 4.69) is 129 Å². The van der Waals surface area contributed by atoms with Crippen molar-refractivity contribution in [1.29, 1.82) is 0 Å². The molecule has 0 saturated carbocycles. The topological polar surface area (TPSA) is 25.0 Å². The Kier molecular flexibility index (Phi) is 7.49. The van der Waals surface area contributed by atoms with Gasteiger partial charge in [0.1, 0.15) is 0 Å². The van der Waals surface area contributed by atoms with Crippen molar-refractivity contribution < 1.29 is 0 Å². The van der Waals surface area contributed by atoms with Crippen molar-refractivity contribution in [2.45, 2.75) is 173 Å².